The molecule has 0 aromatic heterocycles. The van der Waals surface area contributed by atoms with E-state index < -0.39 is 0 Å². The number of hydrogen-bond donors (Lipinski definition) is 2. The van der Waals surface area contributed by atoms with Gasteiger partial charge in [0.25, 0.3) is 0 Å². The number of piperidine rings is 1. The fraction of sp³-hybridized carbons (Fsp3) is 0.316. The maximum atomic E-state index is 13.8. The Morgan fingerprint density at radius 2 is 1.79 bits per heavy atom. The van der Waals surface area contributed by atoms with Gasteiger partial charge in [0.05, 0.1) is 0 Å². The molecular formula is C19H22FN3O. The smallest absolute Gasteiger partial charge is 0.321 e. The maximum Gasteiger partial charge on any atom is 0.321 e. The van der Waals surface area contributed by atoms with Crippen LogP contribution in [0.2, 0.25) is 0 Å². The third-order valence-corrected chi connectivity index (χ3v) is 4.50. The van der Waals surface area contributed by atoms with Crippen molar-refractivity contribution in [2.75, 3.05) is 25.5 Å². The highest BCUT2D eigenvalue weighted by atomic mass is 19.1. The molecule has 126 valence electrons. The first-order valence-corrected chi connectivity index (χ1v) is 8.24. The standard InChI is InChI=1S/C19H22FN3O/c1-23(16-10-12-21-13-11-16)19(24)22-15-8-6-14(7-9-15)17-4-2-3-5-18(17)20/h2-9,16,21H,10-13H2,1H3,(H,22,24). The predicted octanol–water partition coefficient (Wildman–Crippen LogP) is 3.71. The van der Waals surface area contributed by atoms with Crippen LogP contribution in [0.4, 0.5) is 14.9 Å². The van der Waals surface area contributed by atoms with Gasteiger partial charge >= 0.3 is 6.03 Å². The molecule has 0 unspecified atom stereocenters. The number of hydrogen-bond acceptors (Lipinski definition) is 2. The van der Waals surface area contributed by atoms with E-state index in [1.807, 2.05) is 25.2 Å². The summed E-state index contributed by atoms with van der Waals surface area (Å²) in [6, 6.07) is 14.1. The van der Waals surface area contributed by atoms with Crippen LogP contribution in [0.1, 0.15) is 12.8 Å². The second-order valence-electron chi connectivity index (χ2n) is 6.08. The average Bonchev–Trinajstić information content (AvgIpc) is 2.63. The number of carbonyl (C=O) groups excluding carboxylic acids is 1. The molecule has 24 heavy (non-hydrogen) atoms. The van der Waals surface area contributed by atoms with Gasteiger partial charge in [0.15, 0.2) is 0 Å². The van der Waals surface area contributed by atoms with Crippen LogP contribution in [0.3, 0.4) is 0 Å². The molecule has 1 fully saturated rings. The van der Waals surface area contributed by atoms with Crippen LogP contribution in [0.15, 0.2) is 48.5 Å². The molecule has 1 saturated heterocycles. The third kappa shape index (κ3) is 3.74. The molecule has 1 heterocycles. The minimum Gasteiger partial charge on any atom is -0.325 e. The Balaban J connectivity index is 1.65. The largest absolute Gasteiger partial charge is 0.325 e. The van der Waals surface area contributed by atoms with Gasteiger partial charge in [-0.3, -0.25) is 0 Å². The summed E-state index contributed by atoms with van der Waals surface area (Å²) in [6.45, 7) is 1.89. The Morgan fingerprint density at radius 3 is 2.46 bits per heavy atom. The summed E-state index contributed by atoms with van der Waals surface area (Å²) in [4.78, 5) is 14.1. The minimum atomic E-state index is -0.250. The zero-order valence-electron chi connectivity index (χ0n) is 13.8. The number of urea groups is 1. The summed E-state index contributed by atoms with van der Waals surface area (Å²) in [6.07, 6.45) is 1.94. The van der Waals surface area contributed by atoms with Gasteiger partial charge < -0.3 is 15.5 Å². The minimum absolute atomic E-state index is 0.111. The summed E-state index contributed by atoms with van der Waals surface area (Å²) < 4.78 is 13.8. The summed E-state index contributed by atoms with van der Waals surface area (Å²) in [7, 11) is 1.83. The fourth-order valence-electron chi connectivity index (χ4n) is 3.00. The molecule has 2 aromatic carbocycles. The number of nitrogens with one attached hydrogen (secondary N) is 2. The van der Waals surface area contributed by atoms with Crippen molar-refractivity contribution in [2.45, 2.75) is 18.9 Å². The van der Waals surface area contributed by atoms with E-state index >= 15 is 0 Å². The average molecular weight is 327 g/mol. The van der Waals surface area contributed by atoms with E-state index in [1.54, 1.807) is 29.2 Å². The van der Waals surface area contributed by atoms with Gasteiger partial charge in [-0.2, -0.15) is 0 Å². The van der Waals surface area contributed by atoms with Gasteiger partial charge in [-0.05, 0) is 49.7 Å². The van der Waals surface area contributed by atoms with E-state index in [2.05, 4.69) is 10.6 Å². The van der Waals surface area contributed by atoms with Gasteiger partial charge in [0, 0.05) is 24.3 Å². The molecule has 0 atom stereocenters. The van der Waals surface area contributed by atoms with Crippen molar-refractivity contribution in [3.63, 3.8) is 0 Å². The van der Waals surface area contributed by atoms with Crippen molar-refractivity contribution in [1.29, 1.82) is 0 Å². The Labute approximate surface area is 141 Å². The fourth-order valence-corrected chi connectivity index (χ4v) is 3.00. The molecule has 2 amide bonds. The molecule has 0 saturated carbocycles. The molecule has 5 heteroatoms. The van der Waals surface area contributed by atoms with Gasteiger partial charge in [0.2, 0.25) is 0 Å². The second-order valence-corrected chi connectivity index (χ2v) is 6.08. The van der Waals surface area contributed by atoms with E-state index in [9.17, 15) is 9.18 Å². The topological polar surface area (TPSA) is 44.4 Å². The molecule has 0 bridgehead atoms. The number of carbonyl (C=O) groups is 1. The van der Waals surface area contributed by atoms with E-state index in [1.165, 1.54) is 6.07 Å². The highest BCUT2D eigenvalue weighted by Crippen LogP contribution is 2.24. The highest BCUT2D eigenvalue weighted by molar-refractivity contribution is 5.89. The van der Waals surface area contributed by atoms with Gasteiger partial charge in [0.1, 0.15) is 5.82 Å². The summed E-state index contributed by atoms with van der Waals surface area (Å²) >= 11 is 0. The van der Waals surface area contributed by atoms with Crippen molar-refractivity contribution < 1.29 is 9.18 Å². The molecule has 2 N–H and O–H groups in total. The number of rotatable bonds is 3. The van der Waals surface area contributed by atoms with Crippen LogP contribution >= 0.6 is 0 Å². The van der Waals surface area contributed by atoms with Crippen LogP contribution in [0, 0.1) is 5.82 Å². The normalized spacial score (nSPS) is 15.1. The van der Waals surface area contributed by atoms with Crippen molar-refractivity contribution >= 4 is 11.7 Å². The van der Waals surface area contributed by atoms with Crippen molar-refractivity contribution in [2.24, 2.45) is 0 Å². The lowest BCUT2D eigenvalue weighted by Crippen LogP contribution is -2.45. The van der Waals surface area contributed by atoms with Crippen LogP contribution in [-0.2, 0) is 0 Å². The number of benzene rings is 2. The lowest BCUT2D eigenvalue weighted by Gasteiger charge is -2.31. The summed E-state index contributed by atoms with van der Waals surface area (Å²) in [5.74, 6) is -0.250. The monoisotopic (exact) mass is 327 g/mol. The van der Waals surface area contributed by atoms with Gasteiger partial charge in [-0.15, -0.1) is 0 Å². The Bertz CT molecular complexity index is 696. The zero-order chi connectivity index (χ0) is 16.9. The van der Waals surface area contributed by atoms with Crippen LogP contribution in [0.5, 0.6) is 0 Å². The van der Waals surface area contributed by atoms with E-state index in [4.69, 9.17) is 0 Å². The Kier molecular flexibility index (Phi) is 5.11. The second kappa shape index (κ2) is 7.45. The number of amides is 2. The number of halogens is 1. The number of nitrogens with zero attached hydrogens (tertiary/aromatic N) is 1. The van der Waals surface area contributed by atoms with Crippen molar-refractivity contribution in [3.05, 3.63) is 54.3 Å². The molecule has 1 aliphatic rings. The summed E-state index contributed by atoms with van der Waals surface area (Å²) in [5, 5.41) is 6.20. The molecule has 2 aromatic rings. The van der Waals surface area contributed by atoms with Crippen LogP contribution < -0.4 is 10.6 Å². The predicted molar refractivity (Wildman–Crippen MR) is 94.5 cm³/mol. The van der Waals surface area contributed by atoms with Crippen LogP contribution in [0.25, 0.3) is 11.1 Å². The van der Waals surface area contributed by atoms with Gasteiger partial charge in [-0.1, -0.05) is 30.3 Å². The van der Waals surface area contributed by atoms with Crippen molar-refractivity contribution in [1.82, 2.24) is 10.2 Å². The molecule has 4 nitrogen and oxygen atoms in total. The summed E-state index contributed by atoms with van der Waals surface area (Å²) in [5.41, 5.74) is 2.06. The lowest BCUT2D eigenvalue weighted by atomic mass is 10.0. The maximum absolute atomic E-state index is 13.8. The molecule has 3 rings (SSSR count). The molecule has 0 radical (unpaired) electrons. The number of anilines is 1. The van der Waals surface area contributed by atoms with E-state index in [-0.39, 0.29) is 17.9 Å². The molecule has 1 aliphatic heterocycles. The quantitative estimate of drug-likeness (QED) is 0.903. The van der Waals surface area contributed by atoms with E-state index in [0.717, 1.165) is 31.5 Å². The first-order chi connectivity index (χ1) is 11.6. The van der Waals surface area contributed by atoms with Crippen LogP contribution in [-0.4, -0.2) is 37.1 Å². The first kappa shape index (κ1) is 16.5. The highest BCUT2D eigenvalue weighted by Gasteiger charge is 2.21. The zero-order valence-corrected chi connectivity index (χ0v) is 13.8. The lowest BCUT2D eigenvalue weighted by molar-refractivity contribution is 0.189. The molecular weight excluding hydrogens is 305 g/mol. The SMILES string of the molecule is CN(C(=O)Nc1ccc(-c2ccccc2F)cc1)C1CCNCC1. The Morgan fingerprint density at radius 1 is 1.12 bits per heavy atom. The first-order valence-electron chi connectivity index (χ1n) is 8.24. The Hall–Kier alpha value is -2.40. The van der Waals surface area contributed by atoms with E-state index in [0.29, 0.717) is 11.3 Å². The van der Waals surface area contributed by atoms with Gasteiger partial charge in [-0.25, -0.2) is 9.18 Å². The van der Waals surface area contributed by atoms with Crippen molar-refractivity contribution in [3.8, 4) is 11.1 Å². The third-order valence-electron chi connectivity index (χ3n) is 4.50. The molecule has 0 aliphatic carbocycles. The molecule has 0 spiro atoms.